The Morgan fingerprint density at radius 2 is 0.804 bits per heavy atom. The summed E-state index contributed by atoms with van der Waals surface area (Å²) in [4.78, 5) is 27.2. The topological polar surface area (TPSA) is 52.6 Å². The first-order valence-electron chi connectivity index (χ1n) is 20.1. The van der Waals surface area contributed by atoms with Crippen LogP contribution in [-0.4, -0.2) is 25.2 Å². The summed E-state index contributed by atoms with van der Waals surface area (Å²) in [6.07, 6.45) is 32.9. The van der Waals surface area contributed by atoms with E-state index in [1.54, 1.807) is 0 Å². The fourth-order valence-electron chi connectivity index (χ4n) is 6.39. The Hall–Kier alpha value is -1.84. The number of carbonyl (C=O) groups is 2. The SMILES string of the molecule is CCCCCCCCCCCc1c(CCCCCCCCC)ccc(C(=O)OCCCCCCC)c1C(=O)OCCCCCCC. The molecule has 0 unspecified atom stereocenters. The predicted octanol–water partition coefficient (Wildman–Crippen LogP) is 13.3. The lowest BCUT2D eigenvalue weighted by Gasteiger charge is -2.18. The van der Waals surface area contributed by atoms with Crippen molar-refractivity contribution in [2.75, 3.05) is 13.2 Å². The second kappa shape index (κ2) is 30.5. The monoisotopic (exact) mass is 643 g/mol. The summed E-state index contributed by atoms with van der Waals surface area (Å²) >= 11 is 0. The van der Waals surface area contributed by atoms with Crippen LogP contribution in [0.1, 0.15) is 226 Å². The molecule has 1 aromatic rings. The predicted molar refractivity (Wildman–Crippen MR) is 197 cm³/mol. The van der Waals surface area contributed by atoms with Crippen LogP contribution in [0.15, 0.2) is 12.1 Å². The Balaban J connectivity index is 3.07. The van der Waals surface area contributed by atoms with Crippen molar-refractivity contribution in [2.45, 2.75) is 207 Å². The zero-order valence-corrected chi connectivity index (χ0v) is 31.0. The Bertz CT molecular complexity index is 877. The van der Waals surface area contributed by atoms with Gasteiger partial charge in [-0.05, 0) is 55.7 Å². The molecule has 0 fully saturated rings. The van der Waals surface area contributed by atoms with Gasteiger partial charge in [0.25, 0.3) is 0 Å². The molecule has 1 rings (SSSR count). The minimum Gasteiger partial charge on any atom is -0.462 e. The molecule has 0 aliphatic heterocycles. The molecule has 1 aromatic carbocycles. The fraction of sp³-hybridized carbons (Fsp3) is 0.810. The summed E-state index contributed by atoms with van der Waals surface area (Å²) in [6.45, 7) is 9.76. The van der Waals surface area contributed by atoms with E-state index in [1.807, 2.05) is 6.07 Å². The minimum absolute atomic E-state index is 0.335. The molecule has 0 atom stereocenters. The zero-order chi connectivity index (χ0) is 33.5. The number of esters is 2. The number of hydrogen-bond donors (Lipinski definition) is 0. The summed E-state index contributed by atoms with van der Waals surface area (Å²) in [5, 5.41) is 0. The van der Waals surface area contributed by atoms with Gasteiger partial charge in [0.2, 0.25) is 0 Å². The second-order valence-electron chi connectivity index (χ2n) is 13.7. The van der Waals surface area contributed by atoms with Crippen molar-refractivity contribution in [3.8, 4) is 0 Å². The molecule has 0 aliphatic rings. The summed E-state index contributed by atoms with van der Waals surface area (Å²) in [6, 6.07) is 3.97. The van der Waals surface area contributed by atoms with Gasteiger partial charge < -0.3 is 9.47 Å². The van der Waals surface area contributed by atoms with Gasteiger partial charge in [0.1, 0.15) is 0 Å². The van der Waals surface area contributed by atoms with Crippen LogP contribution >= 0.6 is 0 Å². The average molecular weight is 643 g/mol. The third-order valence-electron chi connectivity index (χ3n) is 9.38. The minimum atomic E-state index is -0.374. The molecule has 0 radical (unpaired) electrons. The summed E-state index contributed by atoms with van der Waals surface area (Å²) in [7, 11) is 0. The average Bonchev–Trinajstić information content (AvgIpc) is 3.06. The molecule has 0 amide bonds. The van der Waals surface area contributed by atoms with Gasteiger partial charge in [-0.1, -0.05) is 175 Å². The van der Waals surface area contributed by atoms with Gasteiger partial charge >= 0.3 is 11.9 Å². The van der Waals surface area contributed by atoms with Gasteiger partial charge in [0, 0.05) is 0 Å². The maximum Gasteiger partial charge on any atom is 0.339 e. The van der Waals surface area contributed by atoms with Crippen LogP contribution in [0, 0.1) is 0 Å². The smallest absolute Gasteiger partial charge is 0.339 e. The quantitative estimate of drug-likeness (QED) is 0.0579. The van der Waals surface area contributed by atoms with Gasteiger partial charge in [0.05, 0.1) is 24.3 Å². The summed E-state index contributed by atoms with van der Waals surface area (Å²) in [5.74, 6) is -0.709. The first-order valence-corrected chi connectivity index (χ1v) is 20.1. The third kappa shape index (κ3) is 20.4. The first kappa shape index (κ1) is 42.2. The number of rotatable bonds is 32. The summed E-state index contributed by atoms with van der Waals surface area (Å²) in [5.41, 5.74) is 3.16. The van der Waals surface area contributed by atoms with Gasteiger partial charge in [0.15, 0.2) is 0 Å². The van der Waals surface area contributed by atoms with Crippen LogP contribution in [0.25, 0.3) is 0 Å². The Morgan fingerprint density at radius 3 is 1.26 bits per heavy atom. The molecule has 0 spiro atoms. The van der Waals surface area contributed by atoms with Gasteiger partial charge in [-0.2, -0.15) is 0 Å². The van der Waals surface area contributed by atoms with E-state index < -0.39 is 0 Å². The van der Waals surface area contributed by atoms with Crippen molar-refractivity contribution >= 4 is 11.9 Å². The van der Waals surface area contributed by atoms with E-state index in [0.717, 1.165) is 63.4 Å². The molecule has 0 bridgehead atoms. The lowest BCUT2D eigenvalue weighted by atomic mass is 9.89. The van der Waals surface area contributed by atoms with E-state index in [1.165, 1.54) is 128 Å². The highest BCUT2D eigenvalue weighted by Crippen LogP contribution is 2.27. The van der Waals surface area contributed by atoms with Crippen molar-refractivity contribution in [1.82, 2.24) is 0 Å². The fourth-order valence-corrected chi connectivity index (χ4v) is 6.39. The maximum atomic E-state index is 13.8. The van der Waals surface area contributed by atoms with E-state index in [0.29, 0.717) is 24.3 Å². The Kier molecular flexibility index (Phi) is 28.0. The molecular weight excluding hydrogens is 568 g/mol. The van der Waals surface area contributed by atoms with E-state index in [9.17, 15) is 9.59 Å². The lowest BCUT2D eigenvalue weighted by molar-refractivity contribution is 0.0449. The molecular formula is C42H74O4. The number of unbranched alkanes of at least 4 members (excludes halogenated alkanes) is 22. The highest BCUT2D eigenvalue weighted by molar-refractivity contribution is 6.04. The number of ether oxygens (including phenoxy) is 2. The molecule has 4 nitrogen and oxygen atoms in total. The van der Waals surface area contributed by atoms with Gasteiger partial charge in [-0.15, -0.1) is 0 Å². The van der Waals surface area contributed by atoms with Crippen LogP contribution in [0.4, 0.5) is 0 Å². The third-order valence-corrected chi connectivity index (χ3v) is 9.38. The normalized spacial score (nSPS) is 11.2. The molecule has 266 valence electrons. The van der Waals surface area contributed by atoms with Gasteiger partial charge in [-0.3, -0.25) is 0 Å². The van der Waals surface area contributed by atoms with Crippen molar-refractivity contribution in [1.29, 1.82) is 0 Å². The van der Waals surface area contributed by atoms with Crippen LogP contribution < -0.4 is 0 Å². The van der Waals surface area contributed by atoms with E-state index in [4.69, 9.17) is 9.47 Å². The number of benzene rings is 1. The van der Waals surface area contributed by atoms with Crippen molar-refractivity contribution in [3.05, 3.63) is 34.4 Å². The van der Waals surface area contributed by atoms with Crippen LogP contribution in [-0.2, 0) is 22.3 Å². The van der Waals surface area contributed by atoms with Crippen LogP contribution in [0.2, 0.25) is 0 Å². The molecule has 0 saturated carbocycles. The molecule has 46 heavy (non-hydrogen) atoms. The second-order valence-corrected chi connectivity index (χ2v) is 13.7. The largest absolute Gasteiger partial charge is 0.462 e. The molecule has 0 aromatic heterocycles. The van der Waals surface area contributed by atoms with Crippen LogP contribution in [0.5, 0.6) is 0 Å². The molecule has 4 heteroatoms. The number of hydrogen-bond acceptors (Lipinski definition) is 4. The molecule has 0 N–H and O–H groups in total. The van der Waals surface area contributed by atoms with Crippen molar-refractivity contribution in [3.63, 3.8) is 0 Å². The number of aryl methyl sites for hydroxylation is 1. The van der Waals surface area contributed by atoms with Crippen molar-refractivity contribution < 1.29 is 19.1 Å². The van der Waals surface area contributed by atoms with Crippen LogP contribution in [0.3, 0.4) is 0 Å². The first-order chi connectivity index (χ1) is 22.6. The standard InChI is InChI=1S/C42H74O4/c1-5-9-13-17-19-20-22-24-28-32-38-37(31-27-23-21-18-14-10-6-2)33-34-39(41(43)45-35-29-25-15-11-7-3)40(38)42(44)46-36-30-26-16-12-8-4/h33-34H,5-32,35-36H2,1-4H3. The molecule has 0 aliphatic carbocycles. The van der Waals surface area contributed by atoms with E-state index >= 15 is 0 Å². The number of carbonyl (C=O) groups excluding carboxylic acids is 2. The molecule has 0 saturated heterocycles. The van der Waals surface area contributed by atoms with Gasteiger partial charge in [-0.25, -0.2) is 9.59 Å². The summed E-state index contributed by atoms with van der Waals surface area (Å²) < 4.78 is 11.7. The maximum absolute atomic E-state index is 13.8. The highest BCUT2D eigenvalue weighted by Gasteiger charge is 2.25. The Morgan fingerprint density at radius 1 is 0.435 bits per heavy atom. The van der Waals surface area contributed by atoms with E-state index in [2.05, 4.69) is 33.8 Å². The molecule has 0 heterocycles. The highest BCUT2D eigenvalue weighted by atomic mass is 16.5. The Labute approximate surface area is 285 Å². The van der Waals surface area contributed by atoms with E-state index in [-0.39, 0.29) is 11.9 Å². The zero-order valence-electron chi connectivity index (χ0n) is 31.0. The lowest BCUT2D eigenvalue weighted by Crippen LogP contribution is -2.19. The van der Waals surface area contributed by atoms with Crippen molar-refractivity contribution in [2.24, 2.45) is 0 Å².